The molecule has 3 heteroatoms. The third-order valence-corrected chi connectivity index (χ3v) is 1.75. The minimum atomic E-state index is 0.819. The van der Waals surface area contributed by atoms with Crippen molar-refractivity contribution in [3.63, 3.8) is 0 Å². The number of hydrogen-bond donors (Lipinski definition) is 0. The molecule has 0 atom stereocenters. The van der Waals surface area contributed by atoms with Crippen molar-refractivity contribution in [3.05, 3.63) is 0 Å². The Morgan fingerprint density at radius 2 is 1.75 bits per heavy atom. The van der Waals surface area contributed by atoms with Crippen molar-refractivity contribution in [2.24, 2.45) is 0 Å². The fourth-order valence-electron chi connectivity index (χ4n) is 1.15. The van der Waals surface area contributed by atoms with Crippen LogP contribution in [0.4, 0.5) is 0 Å². The second kappa shape index (κ2) is 1.69. The summed E-state index contributed by atoms with van der Waals surface area (Å²) >= 11 is 0. The first-order chi connectivity index (χ1) is 3.95. The lowest BCUT2D eigenvalue weighted by Crippen LogP contribution is -2.53. The second-order valence-electron chi connectivity index (χ2n) is 2.31. The van der Waals surface area contributed by atoms with Gasteiger partial charge in [-0.15, -0.1) is 0 Å². The van der Waals surface area contributed by atoms with Crippen LogP contribution < -0.4 is 0 Å². The van der Waals surface area contributed by atoms with Crippen LogP contribution in [0.1, 0.15) is 0 Å². The maximum absolute atomic E-state index is 5.24. The predicted molar refractivity (Wildman–Crippen MR) is 29.1 cm³/mol. The van der Waals surface area contributed by atoms with Gasteiger partial charge in [0.15, 0.2) is 0 Å². The molecule has 0 aromatic heterocycles. The Hall–Kier alpha value is -0.120. The molecular formula is C5H10N2O. The molecule has 0 aromatic carbocycles. The van der Waals surface area contributed by atoms with E-state index in [0.29, 0.717) is 0 Å². The number of nitrogens with zero attached hydrogens (tertiary/aromatic N) is 2. The van der Waals surface area contributed by atoms with E-state index in [4.69, 9.17) is 4.84 Å². The molecule has 0 amide bonds. The van der Waals surface area contributed by atoms with Crippen LogP contribution in [-0.4, -0.2) is 42.9 Å². The van der Waals surface area contributed by atoms with Gasteiger partial charge in [-0.05, 0) is 0 Å². The molecule has 3 aliphatic heterocycles. The quantitative estimate of drug-likeness (QED) is 0.422. The Bertz CT molecular complexity index is 65.4. The van der Waals surface area contributed by atoms with Crippen molar-refractivity contribution in [3.8, 4) is 0 Å². The van der Waals surface area contributed by atoms with E-state index in [1.807, 2.05) is 5.06 Å². The molecular weight excluding hydrogens is 104 g/mol. The average Bonchev–Trinajstić information content (AvgIpc) is 1.92. The molecule has 0 N–H and O–H groups in total. The van der Waals surface area contributed by atoms with E-state index in [1.54, 1.807) is 0 Å². The van der Waals surface area contributed by atoms with Gasteiger partial charge < -0.3 is 0 Å². The average molecular weight is 114 g/mol. The Morgan fingerprint density at radius 1 is 1.00 bits per heavy atom. The first-order valence-electron chi connectivity index (χ1n) is 3.05. The van der Waals surface area contributed by atoms with Gasteiger partial charge in [-0.2, -0.15) is 5.06 Å². The summed E-state index contributed by atoms with van der Waals surface area (Å²) in [6.07, 6.45) is 0. The minimum absolute atomic E-state index is 0.819. The number of fused-ring (bicyclic) bond motifs is 3. The van der Waals surface area contributed by atoms with Crippen molar-refractivity contribution >= 4 is 0 Å². The fraction of sp³-hybridized carbons (Fsp3) is 1.00. The third-order valence-electron chi connectivity index (χ3n) is 1.75. The molecule has 0 spiro atoms. The van der Waals surface area contributed by atoms with Gasteiger partial charge in [-0.25, -0.2) is 0 Å². The zero-order valence-corrected chi connectivity index (χ0v) is 4.84. The van der Waals surface area contributed by atoms with Crippen molar-refractivity contribution in [1.82, 2.24) is 9.96 Å². The fourth-order valence-corrected chi connectivity index (χ4v) is 1.15. The molecule has 0 aliphatic carbocycles. The standard InChI is InChI=1S/C5H10N2O/c1-3-7-4-2-6(1)5-8-7/h1-5H2. The van der Waals surface area contributed by atoms with Gasteiger partial charge in [0.1, 0.15) is 6.73 Å². The van der Waals surface area contributed by atoms with E-state index in [0.717, 1.165) is 19.8 Å². The van der Waals surface area contributed by atoms with Crippen LogP contribution in [0.3, 0.4) is 0 Å². The highest BCUT2D eigenvalue weighted by Crippen LogP contribution is 2.08. The molecule has 3 saturated heterocycles. The summed E-state index contributed by atoms with van der Waals surface area (Å²) in [5, 5.41) is 2.04. The van der Waals surface area contributed by atoms with Gasteiger partial charge in [0, 0.05) is 26.2 Å². The summed E-state index contributed by atoms with van der Waals surface area (Å²) < 4.78 is 0. The number of hydrogen-bond acceptors (Lipinski definition) is 3. The van der Waals surface area contributed by atoms with Crippen LogP contribution in [0.2, 0.25) is 0 Å². The monoisotopic (exact) mass is 114 g/mol. The molecule has 0 aromatic rings. The van der Waals surface area contributed by atoms with E-state index in [2.05, 4.69) is 4.90 Å². The lowest BCUT2D eigenvalue weighted by molar-refractivity contribution is -0.258. The number of rotatable bonds is 0. The van der Waals surface area contributed by atoms with Crippen LogP contribution >= 0.6 is 0 Å². The minimum Gasteiger partial charge on any atom is -0.283 e. The molecule has 3 heterocycles. The lowest BCUT2D eigenvalue weighted by Gasteiger charge is -2.40. The third kappa shape index (κ3) is 0.632. The first kappa shape index (κ1) is 4.73. The molecule has 2 bridgehead atoms. The van der Waals surface area contributed by atoms with Gasteiger partial charge >= 0.3 is 0 Å². The topological polar surface area (TPSA) is 15.7 Å². The van der Waals surface area contributed by atoms with Crippen LogP contribution in [0.5, 0.6) is 0 Å². The first-order valence-corrected chi connectivity index (χ1v) is 3.05. The van der Waals surface area contributed by atoms with Crippen LogP contribution in [0, 0.1) is 0 Å². The summed E-state index contributed by atoms with van der Waals surface area (Å²) in [5.41, 5.74) is 0. The van der Waals surface area contributed by atoms with Crippen LogP contribution in [0.25, 0.3) is 0 Å². The molecule has 3 rings (SSSR count). The normalized spacial score (nSPS) is 45.0. The molecule has 3 fully saturated rings. The van der Waals surface area contributed by atoms with E-state index in [-0.39, 0.29) is 0 Å². The molecule has 0 unspecified atom stereocenters. The Morgan fingerprint density at radius 3 is 1.88 bits per heavy atom. The van der Waals surface area contributed by atoms with Gasteiger partial charge in [-0.3, -0.25) is 9.74 Å². The molecule has 3 nitrogen and oxygen atoms in total. The van der Waals surface area contributed by atoms with Gasteiger partial charge in [0.2, 0.25) is 0 Å². The van der Waals surface area contributed by atoms with Gasteiger partial charge in [0.05, 0.1) is 0 Å². The van der Waals surface area contributed by atoms with E-state index >= 15 is 0 Å². The molecule has 46 valence electrons. The number of hydroxylamine groups is 2. The smallest absolute Gasteiger partial charge is 0.121 e. The van der Waals surface area contributed by atoms with Crippen molar-refractivity contribution in [1.29, 1.82) is 0 Å². The van der Waals surface area contributed by atoms with Gasteiger partial charge in [0.25, 0.3) is 0 Å². The summed E-state index contributed by atoms with van der Waals surface area (Å²) in [6, 6.07) is 0. The molecule has 3 aliphatic rings. The Balaban J connectivity index is 2.03. The largest absolute Gasteiger partial charge is 0.283 e. The summed E-state index contributed by atoms with van der Waals surface area (Å²) in [6.45, 7) is 5.40. The SMILES string of the molecule is C1CN2CCN1CO2. The van der Waals surface area contributed by atoms with Crippen LogP contribution in [0.15, 0.2) is 0 Å². The highest BCUT2D eigenvalue weighted by atomic mass is 16.7. The van der Waals surface area contributed by atoms with Crippen molar-refractivity contribution in [2.45, 2.75) is 0 Å². The van der Waals surface area contributed by atoms with E-state index < -0.39 is 0 Å². The highest BCUT2D eigenvalue weighted by Gasteiger charge is 2.22. The highest BCUT2D eigenvalue weighted by molar-refractivity contribution is 4.67. The summed E-state index contributed by atoms with van der Waals surface area (Å²) in [7, 11) is 0. The maximum Gasteiger partial charge on any atom is 0.121 e. The van der Waals surface area contributed by atoms with Crippen molar-refractivity contribution in [2.75, 3.05) is 32.9 Å². The predicted octanol–water partition coefficient (Wildman–Crippen LogP) is -0.493. The second-order valence-corrected chi connectivity index (χ2v) is 2.31. The Kier molecular flexibility index (Phi) is 0.997. The lowest BCUT2D eigenvalue weighted by atomic mass is 10.4. The van der Waals surface area contributed by atoms with Gasteiger partial charge in [-0.1, -0.05) is 0 Å². The zero-order valence-electron chi connectivity index (χ0n) is 4.84. The van der Waals surface area contributed by atoms with E-state index in [9.17, 15) is 0 Å². The Labute approximate surface area is 48.8 Å². The zero-order chi connectivity index (χ0) is 5.40. The summed E-state index contributed by atoms with van der Waals surface area (Å²) in [4.78, 5) is 7.56. The molecule has 0 radical (unpaired) electrons. The van der Waals surface area contributed by atoms with Crippen molar-refractivity contribution < 1.29 is 4.84 Å². The molecule has 8 heavy (non-hydrogen) atoms. The van der Waals surface area contributed by atoms with E-state index in [1.165, 1.54) is 13.1 Å². The maximum atomic E-state index is 5.24. The molecule has 0 saturated carbocycles. The summed E-state index contributed by atoms with van der Waals surface area (Å²) in [5.74, 6) is 0. The van der Waals surface area contributed by atoms with Crippen LogP contribution in [-0.2, 0) is 4.84 Å². The number of piperazine rings is 1.